The number of carbonyl (C=O) groups is 1. The van der Waals surface area contributed by atoms with Crippen molar-refractivity contribution in [2.45, 2.75) is 13.5 Å². The van der Waals surface area contributed by atoms with Crippen LogP contribution in [0.2, 0.25) is 0 Å². The Kier molecular flexibility index (Phi) is 3.92. The molecule has 0 fully saturated rings. The van der Waals surface area contributed by atoms with Crippen LogP contribution in [0.25, 0.3) is 5.65 Å². The average Bonchev–Trinajstić information content (AvgIpc) is 2.81. The molecule has 0 radical (unpaired) electrons. The Morgan fingerprint density at radius 2 is 2.00 bits per heavy atom. The molecule has 2 heterocycles. The van der Waals surface area contributed by atoms with Crippen molar-refractivity contribution in [1.82, 2.24) is 14.7 Å². The number of amides is 1. The van der Waals surface area contributed by atoms with Crippen molar-refractivity contribution in [2.75, 3.05) is 0 Å². The molecular weight excluding hydrogens is 377 g/mol. The largest absolute Gasteiger partial charge is 0.346 e. The maximum absolute atomic E-state index is 12.2. The van der Waals surface area contributed by atoms with Crippen molar-refractivity contribution >= 4 is 34.1 Å². The highest BCUT2D eigenvalue weighted by molar-refractivity contribution is 14.1. The number of rotatable bonds is 3. The van der Waals surface area contributed by atoms with Gasteiger partial charge < -0.3 is 9.72 Å². The molecule has 1 amide bonds. The molecule has 2 aromatic heterocycles. The summed E-state index contributed by atoms with van der Waals surface area (Å²) in [5.74, 6) is -0.0725. The van der Waals surface area contributed by atoms with Gasteiger partial charge in [-0.05, 0) is 65.9 Å². The second kappa shape index (κ2) is 5.85. The average molecular weight is 391 g/mol. The van der Waals surface area contributed by atoms with Crippen LogP contribution in [0.3, 0.4) is 0 Å². The Labute approximate surface area is 136 Å². The summed E-state index contributed by atoms with van der Waals surface area (Å²) >= 11 is 2.22. The zero-order chi connectivity index (χ0) is 14.8. The van der Waals surface area contributed by atoms with Crippen LogP contribution in [0, 0.1) is 10.5 Å². The monoisotopic (exact) mass is 391 g/mol. The lowest BCUT2D eigenvalue weighted by Crippen LogP contribution is -2.23. The van der Waals surface area contributed by atoms with Gasteiger partial charge in [0.25, 0.3) is 5.91 Å². The Morgan fingerprint density at radius 3 is 2.76 bits per heavy atom. The molecule has 106 valence electrons. The van der Waals surface area contributed by atoms with Crippen LogP contribution >= 0.6 is 22.6 Å². The third-order valence-corrected chi connectivity index (χ3v) is 4.07. The Morgan fingerprint density at radius 1 is 1.24 bits per heavy atom. The van der Waals surface area contributed by atoms with E-state index < -0.39 is 0 Å². The number of nitrogens with zero attached hydrogens (tertiary/aromatic N) is 2. The number of fused-ring (bicyclic) bond motifs is 1. The van der Waals surface area contributed by atoms with Crippen molar-refractivity contribution in [1.29, 1.82) is 0 Å². The molecule has 0 aliphatic rings. The molecule has 0 aliphatic carbocycles. The SMILES string of the molecule is Cc1nc2ccccn2c1CNC(=O)c1ccc(I)cc1. The molecule has 0 bridgehead atoms. The summed E-state index contributed by atoms with van der Waals surface area (Å²) in [4.78, 5) is 16.6. The van der Waals surface area contributed by atoms with Gasteiger partial charge >= 0.3 is 0 Å². The van der Waals surface area contributed by atoms with Gasteiger partial charge in [-0.1, -0.05) is 6.07 Å². The van der Waals surface area contributed by atoms with E-state index in [2.05, 4.69) is 32.9 Å². The van der Waals surface area contributed by atoms with Crippen LogP contribution in [-0.2, 0) is 6.54 Å². The summed E-state index contributed by atoms with van der Waals surface area (Å²) in [6.07, 6.45) is 1.96. The van der Waals surface area contributed by atoms with Gasteiger partial charge in [0.1, 0.15) is 5.65 Å². The summed E-state index contributed by atoms with van der Waals surface area (Å²) in [6, 6.07) is 13.4. The number of pyridine rings is 1. The number of halogens is 1. The highest BCUT2D eigenvalue weighted by atomic mass is 127. The fourth-order valence-electron chi connectivity index (χ4n) is 2.24. The molecule has 1 N–H and O–H groups in total. The van der Waals surface area contributed by atoms with Crippen molar-refractivity contribution in [3.63, 3.8) is 0 Å². The first-order valence-corrected chi connectivity index (χ1v) is 7.69. The maximum atomic E-state index is 12.2. The molecule has 0 saturated carbocycles. The molecule has 0 saturated heterocycles. The topological polar surface area (TPSA) is 46.4 Å². The van der Waals surface area contributed by atoms with Crippen LogP contribution in [0.15, 0.2) is 48.7 Å². The summed E-state index contributed by atoms with van der Waals surface area (Å²) in [7, 11) is 0. The molecule has 0 spiro atoms. The minimum Gasteiger partial charge on any atom is -0.346 e. The first kappa shape index (κ1) is 14.1. The van der Waals surface area contributed by atoms with E-state index in [0.717, 1.165) is 20.6 Å². The molecule has 0 aliphatic heterocycles. The number of hydrogen-bond acceptors (Lipinski definition) is 2. The minimum absolute atomic E-state index is 0.0725. The lowest BCUT2D eigenvalue weighted by Gasteiger charge is -2.06. The van der Waals surface area contributed by atoms with Crippen molar-refractivity contribution in [2.24, 2.45) is 0 Å². The fraction of sp³-hybridized carbons (Fsp3) is 0.125. The normalized spacial score (nSPS) is 10.8. The van der Waals surface area contributed by atoms with Gasteiger partial charge in [0.15, 0.2) is 0 Å². The number of aryl methyl sites for hydroxylation is 1. The predicted octanol–water partition coefficient (Wildman–Crippen LogP) is 3.18. The van der Waals surface area contributed by atoms with Crippen LogP contribution in [-0.4, -0.2) is 15.3 Å². The second-order valence-electron chi connectivity index (χ2n) is 4.76. The fourth-order valence-corrected chi connectivity index (χ4v) is 2.60. The quantitative estimate of drug-likeness (QED) is 0.698. The lowest BCUT2D eigenvalue weighted by atomic mass is 10.2. The number of aromatic nitrogens is 2. The standard InChI is InChI=1S/C16H14IN3O/c1-11-14(20-9-3-2-4-15(20)19-11)10-18-16(21)12-5-7-13(17)8-6-12/h2-9H,10H2,1H3,(H,18,21). The molecule has 3 rings (SSSR count). The Balaban J connectivity index is 1.79. The molecule has 0 atom stereocenters. The van der Waals surface area contributed by atoms with E-state index in [1.165, 1.54) is 0 Å². The van der Waals surface area contributed by atoms with Gasteiger partial charge in [-0.2, -0.15) is 0 Å². The molecule has 21 heavy (non-hydrogen) atoms. The number of nitrogens with one attached hydrogen (secondary N) is 1. The first-order chi connectivity index (χ1) is 10.1. The van der Waals surface area contributed by atoms with Crippen molar-refractivity contribution < 1.29 is 4.79 Å². The highest BCUT2D eigenvalue weighted by Gasteiger charge is 2.10. The third-order valence-electron chi connectivity index (χ3n) is 3.35. The number of benzene rings is 1. The number of hydrogen-bond donors (Lipinski definition) is 1. The van der Waals surface area contributed by atoms with E-state index in [1.807, 2.05) is 60.0 Å². The van der Waals surface area contributed by atoms with Crippen LogP contribution in [0.5, 0.6) is 0 Å². The van der Waals surface area contributed by atoms with Crippen molar-refractivity contribution in [3.8, 4) is 0 Å². The lowest BCUT2D eigenvalue weighted by molar-refractivity contribution is 0.0950. The van der Waals surface area contributed by atoms with E-state index >= 15 is 0 Å². The molecule has 4 nitrogen and oxygen atoms in total. The number of imidazole rings is 1. The van der Waals surface area contributed by atoms with E-state index in [1.54, 1.807) is 0 Å². The smallest absolute Gasteiger partial charge is 0.251 e. The van der Waals surface area contributed by atoms with E-state index in [9.17, 15) is 4.79 Å². The first-order valence-electron chi connectivity index (χ1n) is 6.61. The summed E-state index contributed by atoms with van der Waals surface area (Å²) in [5, 5.41) is 2.95. The molecule has 0 unspecified atom stereocenters. The van der Waals surface area contributed by atoms with E-state index in [4.69, 9.17) is 0 Å². The van der Waals surface area contributed by atoms with Gasteiger partial charge in [-0.3, -0.25) is 4.79 Å². The van der Waals surface area contributed by atoms with Crippen LogP contribution in [0.4, 0.5) is 0 Å². The van der Waals surface area contributed by atoms with Gasteiger partial charge in [-0.15, -0.1) is 0 Å². The third kappa shape index (κ3) is 2.92. The minimum atomic E-state index is -0.0725. The summed E-state index contributed by atoms with van der Waals surface area (Å²) < 4.78 is 3.12. The van der Waals surface area contributed by atoms with Crippen LogP contribution < -0.4 is 5.32 Å². The van der Waals surface area contributed by atoms with E-state index in [-0.39, 0.29) is 5.91 Å². The molecule has 5 heteroatoms. The Bertz CT molecular complexity index is 793. The second-order valence-corrected chi connectivity index (χ2v) is 6.01. The summed E-state index contributed by atoms with van der Waals surface area (Å²) in [5.41, 5.74) is 3.50. The maximum Gasteiger partial charge on any atom is 0.251 e. The van der Waals surface area contributed by atoms with Crippen LogP contribution in [0.1, 0.15) is 21.7 Å². The molecular formula is C16H14IN3O. The van der Waals surface area contributed by atoms with E-state index in [0.29, 0.717) is 12.1 Å². The highest BCUT2D eigenvalue weighted by Crippen LogP contribution is 2.12. The predicted molar refractivity (Wildman–Crippen MR) is 90.3 cm³/mol. The number of carbonyl (C=O) groups excluding carboxylic acids is 1. The van der Waals surface area contributed by atoms with Gasteiger partial charge in [0.2, 0.25) is 0 Å². The molecule has 1 aromatic carbocycles. The molecule has 3 aromatic rings. The zero-order valence-electron chi connectivity index (χ0n) is 11.5. The van der Waals surface area contributed by atoms with Crippen molar-refractivity contribution in [3.05, 3.63) is 69.2 Å². The van der Waals surface area contributed by atoms with Gasteiger partial charge in [0.05, 0.1) is 17.9 Å². The zero-order valence-corrected chi connectivity index (χ0v) is 13.7. The summed E-state index contributed by atoms with van der Waals surface area (Å²) in [6.45, 7) is 2.42. The Hall–Kier alpha value is -1.89. The van der Waals surface area contributed by atoms with Gasteiger partial charge in [0, 0.05) is 15.3 Å². The van der Waals surface area contributed by atoms with Gasteiger partial charge in [-0.25, -0.2) is 4.98 Å².